The average Bonchev–Trinajstić information content (AvgIpc) is 2.89. The highest BCUT2D eigenvalue weighted by molar-refractivity contribution is 7.11. The lowest BCUT2D eigenvalue weighted by molar-refractivity contribution is 0.522. The van der Waals surface area contributed by atoms with Crippen molar-refractivity contribution in [2.24, 2.45) is 0 Å². The van der Waals surface area contributed by atoms with E-state index in [0.717, 1.165) is 24.4 Å². The Hall–Kier alpha value is -0.830. The molecule has 0 aliphatic heterocycles. The molecule has 0 bridgehead atoms. The van der Waals surface area contributed by atoms with Gasteiger partial charge in [0.1, 0.15) is 0 Å². The Morgan fingerprint density at radius 3 is 2.32 bits per heavy atom. The molecular formula is C16H20ClNS. The van der Waals surface area contributed by atoms with Crippen molar-refractivity contribution in [3.05, 3.63) is 56.7 Å². The maximum atomic E-state index is 5.93. The van der Waals surface area contributed by atoms with Crippen molar-refractivity contribution in [3.8, 4) is 0 Å². The van der Waals surface area contributed by atoms with E-state index in [1.807, 2.05) is 23.5 Å². The van der Waals surface area contributed by atoms with Gasteiger partial charge in [0.25, 0.3) is 0 Å². The Labute approximate surface area is 124 Å². The van der Waals surface area contributed by atoms with Crippen LogP contribution in [0.15, 0.2) is 36.4 Å². The second-order valence-corrected chi connectivity index (χ2v) is 6.30. The molecule has 0 amide bonds. The van der Waals surface area contributed by atoms with Crippen LogP contribution in [-0.2, 0) is 13.0 Å². The maximum absolute atomic E-state index is 5.93. The lowest BCUT2D eigenvalue weighted by Gasteiger charge is -2.17. The molecule has 2 aromatic rings. The normalized spacial score (nSPS) is 12.6. The molecule has 0 saturated heterocycles. The quantitative estimate of drug-likeness (QED) is 0.771. The van der Waals surface area contributed by atoms with Crippen molar-refractivity contribution < 1.29 is 0 Å². The first-order valence-corrected chi connectivity index (χ1v) is 7.98. The van der Waals surface area contributed by atoms with Crippen LogP contribution in [0.3, 0.4) is 0 Å². The Kier molecular flexibility index (Phi) is 5.44. The van der Waals surface area contributed by atoms with Crippen LogP contribution in [0.4, 0.5) is 0 Å². The average molecular weight is 294 g/mol. The van der Waals surface area contributed by atoms with Crippen molar-refractivity contribution in [2.75, 3.05) is 0 Å². The van der Waals surface area contributed by atoms with Crippen LogP contribution in [0.25, 0.3) is 0 Å². The number of hydrogen-bond acceptors (Lipinski definition) is 2. The highest BCUT2D eigenvalue weighted by Gasteiger charge is 2.09. The van der Waals surface area contributed by atoms with E-state index in [1.54, 1.807) is 0 Å². The number of hydrogen-bond donors (Lipinski definition) is 1. The number of aryl methyl sites for hydroxylation is 1. The second-order valence-electron chi connectivity index (χ2n) is 4.61. The molecule has 0 saturated carbocycles. The molecule has 1 unspecified atom stereocenters. The molecule has 102 valence electrons. The standard InChI is InChI=1S/C16H20ClNS/c1-3-14-9-10-15(19-14)11-18-16(4-2)12-5-7-13(17)8-6-12/h5-10,16,18H,3-4,11H2,1-2H3. The third-order valence-corrected chi connectivity index (χ3v) is 4.75. The van der Waals surface area contributed by atoms with E-state index in [4.69, 9.17) is 11.6 Å². The summed E-state index contributed by atoms with van der Waals surface area (Å²) >= 11 is 7.83. The molecule has 0 radical (unpaired) electrons. The Balaban J connectivity index is 1.97. The Morgan fingerprint density at radius 2 is 1.74 bits per heavy atom. The topological polar surface area (TPSA) is 12.0 Å². The van der Waals surface area contributed by atoms with Gasteiger partial charge in [-0.15, -0.1) is 11.3 Å². The summed E-state index contributed by atoms with van der Waals surface area (Å²) in [5, 5.41) is 4.42. The maximum Gasteiger partial charge on any atom is 0.0406 e. The minimum atomic E-state index is 0.393. The molecular weight excluding hydrogens is 274 g/mol. The van der Waals surface area contributed by atoms with E-state index in [9.17, 15) is 0 Å². The number of nitrogens with one attached hydrogen (secondary N) is 1. The molecule has 1 aromatic carbocycles. The lowest BCUT2D eigenvalue weighted by atomic mass is 10.0. The van der Waals surface area contributed by atoms with Crippen molar-refractivity contribution in [2.45, 2.75) is 39.3 Å². The van der Waals surface area contributed by atoms with Crippen molar-refractivity contribution in [3.63, 3.8) is 0 Å². The van der Waals surface area contributed by atoms with Crippen LogP contribution in [0.2, 0.25) is 5.02 Å². The zero-order valence-electron chi connectivity index (χ0n) is 11.4. The predicted octanol–water partition coefficient (Wildman–Crippen LogP) is 5.20. The van der Waals surface area contributed by atoms with Gasteiger partial charge in [-0.1, -0.05) is 37.6 Å². The SMILES string of the molecule is CCc1ccc(CNC(CC)c2ccc(Cl)cc2)s1. The number of halogens is 1. The fraction of sp³-hybridized carbons (Fsp3) is 0.375. The Bertz CT molecular complexity index is 504. The molecule has 1 atom stereocenters. The molecule has 0 aliphatic carbocycles. The Morgan fingerprint density at radius 1 is 1.05 bits per heavy atom. The fourth-order valence-electron chi connectivity index (χ4n) is 2.12. The molecule has 19 heavy (non-hydrogen) atoms. The van der Waals surface area contributed by atoms with E-state index >= 15 is 0 Å². The van der Waals surface area contributed by atoms with E-state index in [1.165, 1.54) is 15.3 Å². The van der Waals surface area contributed by atoms with Crippen LogP contribution < -0.4 is 5.32 Å². The van der Waals surface area contributed by atoms with Crippen LogP contribution in [0.5, 0.6) is 0 Å². The summed E-state index contributed by atoms with van der Waals surface area (Å²) in [6.07, 6.45) is 2.20. The van der Waals surface area contributed by atoms with E-state index in [0.29, 0.717) is 6.04 Å². The summed E-state index contributed by atoms with van der Waals surface area (Å²) < 4.78 is 0. The molecule has 2 rings (SSSR count). The summed E-state index contributed by atoms with van der Waals surface area (Å²) in [5.74, 6) is 0. The molecule has 1 nitrogen and oxygen atoms in total. The zero-order chi connectivity index (χ0) is 13.7. The highest BCUT2D eigenvalue weighted by atomic mass is 35.5. The molecule has 0 spiro atoms. The molecule has 1 aromatic heterocycles. The predicted molar refractivity (Wildman–Crippen MR) is 85.0 cm³/mol. The molecule has 3 heteroatoms. The monoisotopic (exact) mass is 293 g/mol. The minimum absolute atomic E-state index is 0.393. The van der Waals surface area contributed by atoms with Crippen LogP contribution in [0, 0.1) is 0 Å². The van der Waals surface area contributed by atoms with Crippen molar-refractivity contribution in [1.29, 1.82) is 0 Å². The third kappa shape index (κ3) is 4.07. The van der Waals surface area contributed by atoms with E-state index in [-0.39, 0.29) is 0 Å². The van der Waals surface area contributed by atoms with Gasteiger partial charge in [-0.3, -0.25) is 0 Å². The van der Waals surface area contributed by atoms with Gasteiger partial charge in [-0.05, 0) is 42.7 Å². The third-order valence-electron chi connectivity index (χ3n) is 3.27. The number of thiophene rings is 1. The van der Waals surface area contributed by atoms with E-state index < -0.39 is 0 Å². The highest BCUT2D eigenvalue weighted by Crippen LogP contribution is 2.21. The van der Waals surface area contributed by atoms with Crippen molar-refractivity contribution in [1.82, 2.24) is 5.32 Å². The van der Waals surface area contributed by atoms with E-state index in [2.05, 4.69) is 43.4 Å². The zero-order valence-corrected chi connectivity index (χ0v) is 13.0. The van der Waals surface area contributed by atoms with Crippen LogP contribution >= 0.6 is 22.9 Å². The van der Waals surface area contributed by atoms with Gasteiger partial charge < -0.3 is 5.32 Å². The first kappa shape index (κ1) is 14.6. The van der Waals surface area contributed by atoms with Gasteiger partial charge in [-0.2, -0.15) is 0 Å². The summed E-state index contributed by atoms with van der Waals surface area (Å²) in [6.45, 7) is 5.34. The van der Waals surface area contributed by atoms with Crippen LogP contribution in [-0.4, -0.2) is 0 Å². The second kappa shape index (κ2) is 7.09. The lowest BCUT2D eigenvalue weighted by Crippen LogP contribution is -2.19. The van der Waals surface area contributed by atoms with Gasteiger partial charge >= 0.3 is 0 Å². The summed E-state index contributed by atoms with van der Waals surface area (Å²) in [7, 11) is 0. The first-order valence-electron chi connectivity index (χ1n) is 6.79. The number of benzene rings is 1. The molecule has 1 N–H and O–H groups in total. The summed E-state index contributed by atoms with van der Waals surface area (Å²) in [5.41, 5.74) is 1.30. The van der Waals surface area contributed by atoms with Gasteiger partial charge in [0.15, 0.2) is 0 Å². The fourth-order valence-corrected chi connectivity index (χ4v) is 3.16. The largest absolute Gasteiger partial charge is 0.305 e. The minimum Gasteiger partial charge on any atom is -0.305 e. The first-order chi connectivity index (χ1) is 9.22. The van der Waals surface area contributed by atoms with Crippen LogP contribution in [0.1, 0.15) is 41.6 Å². The van der Waals surface area contributed by atoms with Gasteiger partial charge in [-0.25, -0.2) is 0 Å². The van der Waals surface area contributed by atoms with Gasteiger partial charge in [0.2, 0.25) is 0 Å². The smallest absolute Gasteiger partial charge is 0.0406 e. The summed E-state index contributed by atoms with van der Waals surface area (Å²) in [4.78, 5) is 2.86. The van der Waals surface area contributed by atoms with Crippen molar-refractivity contribution >= 4 is 22.9 Å². The number of rotatable bonds is 6. The van der Waals surface area contributed by atoms with Gasteiger partial charge in [0, 0.05) is 27.4 Å². The molecule has 1 heterocycles. The molecule has 0 aliphatic rings. The summed E-state index contributed by atoms with van der Waals surface area (Å²) in [6, 6.07) is 13.0. The molecule has 0 fully saturated rings. The van der Waals surface area contributed by atoms with Gasteiger partial charge in [0.05, 0.1) is 0 Å².